The molecular weight excluding hydrogens is 305 g/mol. The van der Waals surface area contributed by atoms with Gasteiger partial charge in [0, 0.05) is 11.1 Å². The van der Waals surface area contributed by atoms with Crippen LogP contribution in [0.4, 0.5) is 13.2 Å². The van der Waals surface area contributed by atoms with Gasteiger partial charge in [-0.1, -0.05) is 38.3 Å². The van der Waals surface area contributed by atoms with E-state index in [1.54, 1.807) is 6.92 Å². The number of benzene rings is 1. The molecule has 0 amide bonds. The number of rotatable bonds is 6. The molecule has 0 saturated carbocycles. The number of unbranched alkanes of at least 4 members (excludes halogenated alkanes) is 3. The van der Waals surface area contributed by atoms with E-state index in [2.05, 4.69) is 6.92 Å². The number of halogens is 3. The zero-order valence-corrected chi connectivity index (χ0v) is 13.4. The Morgan fingerprint density at radius 2 is 1.74 bits per heavy atom. The summed E-state index contributed by atoms with van der Waals surface area (Å²) >= 11 is 0. The summed E-state index contributed by atoms with van der Waals surface area (Å²) in [5.41, 5.74) is 1.15. The summed E-state index contributed by atoms with van der Waals surface area (Å²) in [6, 6.07) is 4.93. The molecule has 0 spiro atoms. The van der Waals surface area contributed by atoms with Gasteiger partial charge < -0.3 is 4.74 Å². The van der Waals surface area contributed by atoms with Crippen molar-refractivity contribution in [2.75, 3.05) is 0 Å². The van der Waals surface area contributed by atoms with E-state index in [9.17, 15) is 18.0 Å². The lowest BCUT2D eigenvalue weighted by molar-refractivity contribution is -0.139. The molecule has 0 saturated heterocycles. The summed E-state index contributed by atoms with van der Waals surface area (Å²) < 4.78 is 43.4. The van der Waals surface area contributed by atoms with Crippen molar-refractivity contribution in [2.24, 2.45) is 0 Å². The zero-order valence-electron chi connectivity index (χ0n) is 13.4. The van der Waals surface area contributed by atoms with E-state index >= 15 is 0 Å². The number of ether oxygens (including phenoxy) is 1. The fourth-order valence-electron chi connectivity index (χ4n) is 2.83. The molecule has 1 aliphatic rings. The van der Waals surface area contributed by atoms with Crippen molar-refractivity contribution in [3.63, 3.8) is 0 Å². The number of hydrogen-bond donors (Lipinski definition) is 0. The van der Waals surface area contributed by atoms with Crippen molar-refractivity contribution >= 4 is 11.5 Å². The van der Waals surface area contributed by atoms with E-state index in [1.165, 1.54) is 12.1 Å². The van der Waals surface area contributed by atoms with Crippen LogP contribution in [0.25, 0.3) is 5.57 Å². The summed E-state index contributed by atoms with van der Waals surface area (Å²) in [6.07, 6.45) is 0.233. The minimum atomic E-state index is -4.36. The molecule has 1 heterocycles. The van der Waals surface area contributed by atoms with Crippen molar-refractivity contribution in [3.8, 4) is 0 Å². The Hall–Kier alpha value is -1.78. The fourth-order valence-corrected chi connectivity index (χ4v) is 2.83. The highest BCUT2D eigenvalue weighted by Crippen LogP contribution is 2.36. The van der Waals surface area contributed by atoms with Gasteiger partial charge in [-0.2, -0.15) is 13.2 Å². The summed E-state index contributed by atoms with van der Waals surface area (Å²) in [5.74, 6) is -0.375. The van der Waals surface area contributed by atoms with Crippen LogP contribution in [0.2, 0.25) is 0 Å². The average molecular weight is 326 g/mol. The van der Waals surface area contributed by atoms with Gasteiger partial charge in [-0.05, 0) is 37.5 Å². The Bertz CT molecular complexity index is 585. The second-order valence-corrected chi connectivity index (χ2v) is 5.86. The molecule has 1 aliphatic heterocycles. The third kappa shape index (κ3) is 4.15. The summed E-state index contributed by atoms with van der Waals surface area (Å²) in [4.78, 5) is 11.8. The van der Waals surface area contributed by atoms with E-state index in [-0.39, 0.29) is 12.1 Å². The molecule has 1 atom stereocenters. The van der Waals surface area contributed by atoms with Crippen LogP contribution >= 0.6 is 0 Å². The van der Waals surface area contributed by atoms with Crippen LogP contribution in [0, 0.1) is 0 Å². The van der Waals surface area contributed by atoms with Crippen molar-refractivity contribution in [2.45, 2.75) is 58.2 Å². The highest BCUT2D eigenvalue weighted by molar-refractivity contribution is 6.02. The van der Waals surface area contributed by atoms with Crippen molar-refractivity contribution < 1.29 is 22.7 Å². The van der Waals surface area contributed by atoms with Crippen LogP contribution in [0.15, 0.2) is 29.8 Å². The number of carbonyl (C=O) groups is 1. The molecule has 0 fully saturated rings. The molecule has 0 N–H and O–H groups in total. The van der Waals surface area contributed by atoms with Crippen molar-refractivity contribution in [1.82, 2.24) is 0 Å². The van der Waals surface area contributed by atoms with Crippen LogP contribution in [0.1, 0.15) is 57.1 Å². The van der Waals surface area contributed by atoms with E-state index < -0.39 is 11.7 Å². The van der Waals surface area contributed by atoms with E-state index in [0.29, 0.717) is 17.6 Å². The first-order valence-corrected chi connectivity index (χ1v) is 7.94. The lowest BCUT2D eigenvalue weighted by Gasteiger charge is -2.15. The third-order valence-corrected chi connectivity index (χ3v) is 4.12. The predicted octanol–water partition coefficient (Wildman–Crippen LogP) is 5.37. The first kappa shape index (κ1) is 17.6. The molecule has 0 radical (unpaired) electrons. The quantitative estimate of drug-likeness (QED) is 0.518. The van der Waals surface area contributed by atoms with E-state index in [0.717, 1.165) is 43.4 Å². The number of alkyl halides is 3. The minimum absolute atomic E-state index is 0.351. The Kier molecular flexibility index (Phi) is 5.50. The molecule has 0 bridgehead atoms. The van der Waals surface area contributed by atoms with Crippen LogP contribution in [-0.2, 0) is 15.7 Å². The van der Waals surface area contributed by atoms with Crippen LogP contribution in [0.3, 0.4) is 0 Å². The monoisotopic (exact) mass is 326 g/mol. The second-order valence-electron chi connectivity index (χ2n) is 5.86. The smallest absolute Gasteiger partial charge is 0.416 e. The maximum Gasteiger partial charge on any atom is 0.416 e. The van der Waals surface area contributed by atoms with Crippen molar-refractivity contribution in [1.29, 1.82) is 0 Å². The standard InChI is InChI=1S/C18H21F3O2/c1-3-4-5-6-7-15-16(12(2)17(22)23-15)13-8-10-14(11-9-13)18(19,20)21/h8-11,15H,3-7H2,1-2H3. The Morgan fingerprint density at radius 3 is 2.30 bits per heavy atom. The van der Waals surface area contributed by atoms with Gasteiger partial charge in [-0.25, -0.2) is 4.79 Å². The highest BCUT2D eigenvalue weighted by atomic mass is 19.4. The number of carbonyl (C=O) groups excluding carboxylic acids is 1. The lowest BCUT2D eigenvalue weighted by atomic mass is 9.93. The topological polar surface area (TPSA) is 26.3 Å². The van der Waals surface area contributed by atoms with Gasteiger partial charge in [0.05, 0.1) is 5.56 Å². The van der Waals surface area contributed by atoms with E-state index in [1.807, 2.05) is 0 Å². The molecule has 23 heavy (non-hydrogen) atoms. The third-order valence-electron chi connectivity index (χ3n) is 4.12. The summed E-state index contributed by atoms with van der Waals surface area (Å²) in [6.45, 7) is 3.79. The molecule has 0 aromatic heterocycles. The number of hydrogen-bond acceptors (Lipinski definition) is 2. The minimum Gasteiger partial charge on any atom is -0.454 e. The SMILES string of the molecule is CCCCCCC1OC(=O)C(C)=C1c1ccc(C(F)(F)F)cc1. The van der Waals surface area contributed by atoms with Gasteiger partial charge >= 0.3 is 12.1 Å². The largest absolute Gasteiger partial charge is 0.454 e. The van der Waals surface area contributed by atoms with Crippen LogP contribution in [-0.4, -0.2) is 12.1 Å². The lowest BCUT2D eigenvalue weighted by Crippen LogP contribution is -2.11. The van der Waals surface area contributed by atoms with Gasteiger partial charge in [0.25, 0.3) is 0 Å². The zero-order chi connectivity index (χ0) is 17.0. The molecular formula is C18H21F3O2. The van der Waals surface area contributed by atoms with Crippen LogP contribution < -0.4 is 0 Å². The summed E-state index contributed by atoms with van der Waals surface area (Å²) in [5, 5.41) is 0. The maximum absolute atomic E-state index is 12.7. The molecule has 0 aliphatic carbocycles. The molecule has 1 aromatic rings. The normalized spacial score (nSPS) is 18.5. The average Bonchev–Trinajstić information content (AvgIpc) is 2.78. The Labute approximate surface area is 134 Å². The first-order valence-electron chi connectivity index (χ1n) is 7.94. The van der Waals surface area contributed by atoms with Gasteiger partial charge in [-0.15, -0.1) is 0 Å². The first-order chi connectivity index (χ1) is 10.8. The maximum atomic E-state index is 12.7. The fraction of sp³-hybridized carbons (Fsp3) is 0.500. The molecule has 5 heteroatoms. The molecule has 1 aromatic carbocycles. The number of cyclic esters (lactones) is 1. The Balaban J connectivity index is 2.18. The molecule has 126 valence electrons. The van der Waals surface area contributed by atoms with Crippen molar-refractivity contribution in [3.05, 3.63) is 41.0 Å². The van der Waals surface area contributed by atoms with Gasteiger partial charge in [-0.3, -0.25) is 0 Å². The summed E-state index contributed by atoms with van der Waals surface area (Å²) in [7, 11) is 0. The van der Waals surface area contributed by atoms with Gasteiger partial charge in [0.2, 0.25) is 0 Å². The highest BCUT2D eigenvalue weighted by Gasteiger charge is 2.33. The van der Waals surface area contributed by atoms with Crippen LogP contribution in [0.5, 0.6) is 0 Å². The second kappa shape index (κ2) is 7.20. The number of esters is 1. The molecule has 2 rings (SSSR count). The predicted molar refractivity (Wildman–Crippen MR) is 82.7 cm³/mol. The van der Waals surface area contributed by atoms with Gasteiger partial charge in [0.1, 0.15) is 6.10 Å². The molecule has 1 unspecified atom stereocenters. The van der Waals surface area contributed by atoms with Gasteiger partial charge in [0.15, 0.2) is 0 Å². The molecule has 2 nitrogen and oxygen atoms in total. The van der Waals surface area contributed by atoms with E-state index in [4.69, 9.17) is 4.74 Å². The Morgan fingerprint density at radius 1 is 1.09 bits per heavy atom.